The highest BCUT2D eigenvalue weighted by atomic mass is 16.5. The van der Waals surface area contributed by atoms with Gasteiger partial charge in [-0.15, -0.1) is 0 Å². The number of ketones is 1. The summed E-state index contributed by atoms with van der Waals surface area (Å²) in [5.74, 6) is -0.478. The highest BCUT2D eigenvalue weighted by Crippen LogP contribution is 2.13. The molecule has 1 aromatic rings. The van der Waals surface area contributed by atoms with Crippen molar-refractivity contribution in [2.75, 3.05) is 7.11 Å². The summed E-state index contributed by atoms with van der Waals surface area (Å²) < 4.78 is 4.69. The van der Waals surface area contributed by atoms with Crippen LogP contribution < -0.4 is 5.32 Å². The Balaban J connectivity index is 2.94. The van der Waals surface area contributed by atoms with Crippen molar-refractivity contribution < 1.29 is 14.3 Å². The quantitative estimate of drug-likeness (QED) is 0.647. The molecule has 1 rings (SSSR count). The fourth-order valence-electron chi connectivity index (χ4n) is 2.09. The van der Waals surface area contributed by atoms with Gasteiger partial charge in [-0.25, -0.2) is 0 Å². The van der Waals surface area contributed by atoms with Crippen LogP contribution in [0.1, 0.15) is 50.0 Å². The number of ether oxygens (including phenoxy) is 1. The SMILES string of the molecule is CCc1ccc(C(=O)C(CC(=O)OC)NC(C)(C)C)cc1. The number of rotatable bonds is 6. The van der Waals surface area contributed by atoms with E-state index in [9.17, 15) is 9.59 Å². The molecule has 0 saturated heterocycles. The Kier molecular flexibility index (Phi) is 6.09. The minimum atomic E-state index is -0.579. The highest BCUT2D eigenvalue weighted by molar-refractivity contribution is 6.01. The van der Waals surface area contributed by atoms with Crippen LogP contribution in [0.15, 0.2) is 24.3 Å². The van der Waals surface area contributed by atoms with Crippen molar-refractivity contribution in [2.24, 2.45) is 0 Å². The van der Waals surface area contributed by atoms with E-state index in [1.165, 1.54) is 12.7 Å². The zero-order chi connectivity index (χ0) is 16.0. The van der Waals surface area contributed by atoms with E-state index >= 15 is 0 Å². The summed E-state index contributed by atoms with van der Waals surface area (Å²) >= 11 is 0. The Bertz CT molecular complexity index is 486. The van der Waals surface area contributed by atoms with Gasteiger partial charge in [0.1, 0.15) is 0 Å². The molecular weight excluding hydrogens is 266 g/mol. The van der Waals surface area contributed by atoms with Gasteiger partial charge in [0.25, 0.3) is 0 Å². The number of Topliss-reactive ketones (excluding diaryl/α,β-unsaturated/α-hetero) is 1. The van der Waals surface area contributed by atoms with Crippen molar-refractivity contribution in [2.45, 2.75) is 52.1 Å². The van der Waals surface area contributed by atoms with Crippen molar-refractivity contribution in [1.82, 2.24) is 5.32 Å². The zero-order valence-electron chi connectivity index (χ0n) is 13.5. The molecule has 0 radical (unpaired) electrons. The smallest absolute Gasteiger partial charge is 0.307 e. The maximum Gasteiger partial charge on any atom is 0.307 e. The molecule has 1 N–H and O–H groups in total. The monoisotopic (exact) mass is 291 g/mol. The first-order valence-electron chi connectivity index (χ1n) is 7.24. The molecule has 1 unspecified atom stereocenters. The van der Waals surface area contributed by atoms with Gasteiger partial charge in [-0.05, 0) is 32.8 Å². The Labute approximate surface area is 126 Å². The van der Waals surface area contributed by atoms with Crippen LogP contribution in [0.5, 0.6) is 0 Å². The molecule has 0 aromatic heterocycles. The van der Waals surface area contributed by atoms with E-state index in [1.807, 2.05) is 45.0 Å². The normalized spacial score (nSPS) is 12.8. The molecule has 0 amide bonds. The van der Waals surface area contributed by atoms with Crippen LogP contribution in [-0.2, 0) is 16.0 Å². The molecule has 0 aliphatic rings. The van der Waals surface area contributed by atoms with E-state index in [4.69, 9.17) is 0 Å². The van der Waals surface area contributed by atoms with Gasteiger partial charge in [-0.3, -0.25) is 9.59 Å². The van der Waals surface area contributed by atoms with Crippen LogP contribution in [0, 0.1) is 0 Å². The third-order valence-electron chi connectivity index (χ3n) is 3.17. The van der Waals surface area contributed by atoms with E-state index in [0.29, 0.717) is 5.56 Å². The summed E-state index contributed by atoms with van der Waals surface area (Å²) in [4.78, 5) is 24.1. The molecule has 0 bridgehead atoms. The van der Waals surface area contributed by atoms with E-state index < -0.39 is 12.0 Å². The fourth-order valence-corrected chi connectivity index (χ4v) is 2.09. The zero-order valence-corrected chi connectivity index (χ0v) is 13.5. The van der Waals surface area contributed by atoms with E-state index in [1.54, 1.807) is 0 Å². The number of hydrogen-bond acceptors (Lipinski definition) is 4. The van der Waals surface area contributed by atoms with Crippen molar-refractivity contribution in [1.29, 1.82) is 0 Å². The van der Waals surface area contributed by atoms with Crippen LogP contribution in [0.3, 0.4) is 0 Å². The van der Waals surface area contributed by atoms with Crippen molar-refractivity contribution in [3.05, 3.63) is 35.4 Å². The summed E-state index contributed by atoms with van der Waals surface area (Å²) in [6.45, 7) is 7.96. The van der Waals surface area contributed by atoms with Crippen LogP contribution in [0.25, 0.3) is 0 Å². The van der Waals surface area contributed by atoms with Gasteiger partial charge in [0.15, 0.2) is 5.78 Å². The lowest BCUT2D eigenvalue weighted by Gasteiger charge is -2.27. The summed E-state index contributed by atoms with van der Waals surface area (Å²) in [6, 6.07) is 6.94. The van der Waals surface area contributed by atoms with E-state index in [2.05, 4.69) is 17.0 Å². The predicted molar refractivity (Wildman–Crippen MR) is 83.5 cm³/mol. The number of carbonyl (C=O) groups is 2. The fraction of sp³-hybridized carbons (Fsp3) is 0.529. The maximum absolute atomic E-state index is 12.6. The Morgan fingerprint density at radius 2 is 1.76 bits per heavy atom. The number of esters is 1. The molecule has 0 fully saturated rings. The third kappa shape index (κ3) is 5.68. The summed E-state index contributed by atoms with van der Waals surface area (Å²) in [6.07, 6.45) is 0.961. The number of hydrogen-bond donors (Lipinski definition) is 1. The molecule has 1 atom stereocenters. The number of carbonyl (C=O) groups excluding carboxylic acids is 2. The Morgan fingerprint density at radius 1 is 1.19 bits per heavy atom. The predicted octanol–water partition coefficient (Wildman–Crippen LogP) is 2.75. The molecule has 0 spiro atoms. The lowest BCUT2D eigenvalue weighted by atomic mass is 9.97. The van der Waals surface area contributed by atoms with Gasteiger partial charge < -0.3 is 10.1 Å². The lowest BCUT2D eigenvalue weighted by molar-refractivity contribution is -0.141. The number of aryl methyl sites for hydroxylation is 1. The molecule has 1 aromatic carbocycles. The molecule has 0 heterocycles. The lowest BCUT2D eigenvalue weighted by Crippen LogP contribution is -2.48. The Hall–Kier alpha value is -1.68. The average molecular weight is 291 g/mol. The molecule has 0 saturated carbocycles. The van der Waals surface area contributed by atoms with Gasteiger partial charge in [-0.1, -0.05) is 31.2 Å². The first-order chi connectivity index (χ1) is 9.76. The van der Waals surface area contributed by atoms with Crippen molar-refractivity contribution >= 4 is 11.8 Å². The first kappa shape index (κ1) is 17.4. The van der Waals surface area contributed by atoms with Gasteiger partial charge in [0.05, 0.1) is 19.6 Å². The maximum atomic E-state index is 12.6. The Morgan fingerprint density at radius 3 is 2.19 bits per heavy atom. The largest absolute Gasteiger partial charge is 0.469 e. The van der Waals surface area contributed by atoms with Crippen LogP contribution in [0.2, 0.25) is 0 Å². The molecular formula is C17H25NO3. The van der Waals surface area contributed by atoms with Gasteiger partial charge in [0, 0.05) is 11.1 Å². The number of nitrogens with one attached hydrogen (secondary N) is 1. The van der Waals surface area contributed by atoms with Crippen LogP contribution in [0.4, 0.5) is 0 Å². The van der Waals surface area contributed by atoms with Crippen LogP contribution in [-0.4, -0.2) is 30.4 Å². The van der Waals surface area contributed by atoms with Crippen molar-refractivity contribution in [3.63, 3.8) is 0 Å². The summed E-state index contributed by atoms with van der Waals surface area (Å²) in [7, 11) is 1.33. The van der Waals surface area contributed by atoms with Gasteiger partial charge in [0.2, 0.25) is 0 Å². The molecule has 4 nitrogen and oxygen atoms in total. The highest BCUT2D eigenvalue weighted by Gasteiger charge is 2.27. The van der Waals surface area contributed by atoms with Crippen molar-refractivity contribution in [3.8, 4) is 0 Å². The van der Waals surface area contributed by atoms with Gasteiger partial charge >= 0.3 is 5.97 Å². The minimum absolute atomic E-state index is 0.0299. The molecule has 21 heavy (non-hydrogen) atoms. The summed E-state index contributed by atoms with van der Waals surface area (Å²) in [5.41, 5.74) is 1.52. The third-order valence-corrected chi connectivity index (χ3v) is 3.17. The summed E-state index contributed by atoms with van der Waals surface area (Å²) in [5, 5.41) is 3.20. The van der Waals surface area contributed by atoms with Crippen LogP contribution >= 0.6 is 0 Å². The van der Waals surface area contributed by atoms with E-state index in [-0.39, 0.29) is 17.7 Å². The standard InChI is InChI=1S/C17H25NO3/c1-6-12-7-9-13(10-8-12)16(20)14(11-15(19)21-5)18-17(2,3)4/h7-10,14,18H,6,11H2,1-5H3. The number of methoxy groups -OCH3 is 1. The average Bonchev–Trinajstić information content (AvgIpc) is 2.44. The molecule has 4 heteroatoms. The number of benzene rings is 1. The topological polar surface area (TPSA) is 55.4 Å². The van der Waals surface area contributed by atoms with Gasteiger partial charge in [-0.2, -0.15) is 0 Å². The van der Waals surface area contributed by atoms with E-state index in [0.717, 1.165) is 6.42 Å². The molecule has 116 valence electrons. The molecule has 0 aliphatic heterocycles. The first-order valence-corrected chi connectivity index (χ1v) is 7.24. The molecule has 0 aliphatic carbocycles. The second-order valence-electron chi connectivity index (χ2n) is 6.14. The second kappa shape index (κ2) is 7.36. The second-order valence-corrected chi connectivity index (χ2v) is 6.14. The minimum Gasteiger partial charge on any atom is -0.469 e.